The van der Waals surface area contributed by atoms with Crippen molar-refractivity contribution < 1.29 is 9.13 Å². The molecule has 0 aliphatic rings. The molecular weight excluding hydrogens is 217 g/mol. The Kier molecular flexibility index (Phi) is 6.16. The van der Waals surface area contributed by atoms with Crippen LogP contribution in [0.25, 0.3) is 0 Å². The maximum absolute atomic E-state index is 12.8. The fraction of sp³-hybridized carbons (Fsp3) is 0.571. The summed E-state index contributed by atoms with van der Waals surface area (Å²) in [5, 5.41) is 3.49. The van der Waals surface area contributed by atoms with Gasteiger partial charge in [-0.2, -0.15) is 0 Å². The first kappa shape index (κ1) is 14.1. The number of ether oxygens (including phenoxy) is 1. The van der Waals surface area contributed by atoms with Crippen molar-refractivity contribution >= 4 is 0 Å². The molecule has 1 aromatic carbocycles. The van der Waals surface area contributed by atoms with Gasteiger partial charge in [-0.05, 0) is 38.0 Å². The molecule has 2 atom stereocenters. The molecule has 1 aromatic rings. The lowest BCUT2D eigenvalue weighted by atomic mass is 10.0. The Balaban J connectivity index is 2.56. The summed E-state index contributed by atoms with van der Waals surface area (Å²) >= 11 is 0. The van der Waals surface area contributed by atoms with Crippen LogP contribution in [0.4, 0.5) is 4.39 Å². The molecule has 17 heavy (non-hydrogen) atoms. The van der Waals surface area contributed by atoms with Crippen molar-refractivity contribution in [2.75, 3.05) is 13.2 Å². The van der Waals surface area contributed by atoms with E-state index in [1.54, 1.807) is 0 Å². The topological polar surface area (TPSA) is 21.3 Å². The van der Waals surface area contributed by atoms with Gasteiger partial charge in [0, 0.05) is 18.7 Å². The average molecular weight is 239 g/mol. The van der Waals surface area contributed by atoms with E-state index in [1.165, 1.54) is 12.1 Å². The van der Waals surface area contributed by atoms with Gasteiger partial charge in [0.15, 0.2) is 0 Å². The van der Waals surface area contributed by atoms with Crippen LogP contribution in [-0.4, -0.2) is 19.3 Å². The molecule has 0 saturated heterocycles. The minimum Gasteiger partial charge on any atom is -0.380 e. The number of hydrogen-bond acceptors (Lipinski definition) is 2. The molecule has 0 spiro atoms. The Labute approximate surface area is 103 Å². The third kappa shape index (κ3) is 4.84. The number of benzene rings is 1. The second-order valence-corrected chi connectivity index (χ2v) is 4.24. The maximum Gasteiger partial charge on any atom is 0.123 e. The summed E-state index contributed by atoms with van der Waals surface area (Å²) in [4.78, 5) is 0. The highest BCUT2D eigenvalue weighted by Crippen LogP contribution is 2.17. The van der Waals surface area contributed by atoms with E-state index >= 15 is 0 Å². The van der Waals surface area contributed by atoms with Gasteiger partial charge in [0.05, 0.1) is 6.61 Å². The number of nitrogens with one attached hydrogen (secondary N) is 1. The number of halogens is 1. The van der Waals surface area contributed by atoms with Crippen molar-refractivity contribution in [3.8, 4) is 0 Å². The normalized spacial score (nSPS) is 14.6. The zero-order chi connectivity index (χ0) is 12.7. The molecule has 0 bridgehead atoms. The van der Waals surface area contributed by atoms with E-state index in [4.69, 9.17) is 4.74 Å². The first-order valence-corrected chi connectivity index (χ1v) is 6.26. The lowest BCUT2D eigenvalue weighted by molar-refractivity contribution is 0.123. The van der Waals surface area contributed by atoms with E-state index in [0.717, 1.165) is 18.6 Å². The Morgan fingerprint density at radius 1 is 1.24 bits per heavy atom. The third-order valence-electron chi connectivity index (χ3n) is 2.74. The summed E-state index contributed by atoms with van der Waals surface area (Å²) in [6.07, 6.45) is 0.974. The van der Waals surface area contributed by atoms with Crippen LogP contribution in [-0.2, 0) is 4.74 Å². The van der Waals surface area contributed by atoms with E-state index in [9.17, 15) is 4.39 Å². The van der Waals surface area contributed by atoms with Gasteiger partial charge >= 0.3 is 0 Å². The van der Waals surface area contributed by atoms with Gasteiger partial charge in [-0.1, -0.05) is 19.1 Å². The molecule has 2 nitrogen and oxygen atoms in total. The molecule has 3 heteroatoms. The van der Waals surface area contributed by atoms with Gasteiger partial charge in [-0.15, -0.1) is 0 Å². The van der Waals surface area contributed by atoms with Crippen LogP contribution in [0, 0.1) is 5.82 Å². The summed E-state index contributed by atoms with van der Waals surface area (Å²) in [5.74, 6) is -0.189. The molecule has 96 valence electrons. The molecule has 0 amide bonds. The highest BCUT2D eigenvalue weighted by atomic mass is 19.1. The van der Waals surface area contributed by atoms with Gasteiger partial charge in [-0.3, -0.25) is 0 Å². The van der Waals surface area contributed by atoms with Crippen LogP contribution >= 0.6 is 0 Å². The van der Waals surface area contributed by atoms with E-state index in [-0.39, 0.29) is 11.9 Å². The molecule has 0 saturated carbocycles. The molecule has 0 aromatic heterocycles. The van der Waals surface area contributed by atoms with E-state index in [2.05, 4.69) is 19.2 Å². The van der Waals surface area contributed by atoms with Gasteiger partial charge < -0.3 is 10.1 Å². The Morgan fingerprint density at radius 3 is 2.41 bits per heavy atom. The van der Waals surface area contributed by atoms with Crippen LogP contribution in [0.1, 0.15) is 38.8 Å². The molecule has 0 fully saturated rings. The van der Waals surface area contributed by atoms with Crippen LogP contribution in [0.5, 0.6) is 0 Å². The minimum absolute atomic E-state index is 0.189. The van der Waals surface area contributed by atoms with E-state index in [1.807, 2.05) is 19.1 Å². The Hall–Kier alpha value is -0.930. The molecule has 0 aliphatic carbocycles. The van der Waals surface area contributed by atoms with Gasteiger partial charge in [0.1, 0.15) is 5.82 Å². The van der Waals surface area contributed by atoms with Crippen molar-refractivity contribution in [3.63, 3.8) is 0 Å². The van der Waals surface area contributed by atoms with Crippen molar-refractivity contribution in [3.05, 3.63) is 35.6 Å². The first-order chi connectivity index (χ1) is 8.17. The largest absolute Gasteiger partial charge is 0.380 e. The summed E-state index contributed by atoms with van der Waals surface area (Å²) < 4.78 is 18.2. The summed E-state index contributed by atoms with van der Waals surface area (Å²) in [5.41, 5.74) is 1.12. The van der Waals surface area contributed by atoms with Crippen molar-refractivity contribution in [1.82, 2.24) is 5.32 Å². The smallest absolute Gasteiger partial charge is 0.123 e. The van der Waals surface area contributed by atoms with Gasteiger partial charge in [-0.25, -0.2) is 4.39 Å². The van der Waals surface area contributed by atoms with Crippen molar-refractivity contribution in [2.24, 2.45) is 0 Å². The second kappa shape index (κ2) is 7.41. The predicted molar refractivity (Wildman–Crippen MR) is 68.5 cm³/mol. The lowest BCUT2D eigenvalue weighted by Gasteiger charge is -2.22. The fourth-order valence-corrected chi connectivity index (χ4v) is 1.83. The number of rotatable bonds is 7. The van der Waals surface area contributed by atoms with Gasteiger partial charge in [0.25, 0.3) is 0 Å². The van der Waals surface area contributed by atoms with Crippen LogP contribution in [0.15, 0.2) is 24.3 Å². The predicted octanol–water partition coefficient (Wildman–Crippen LogP) is 3.29. The molecular formula is C14H22FNO. The highest BCUT2D eigenvalue weighted by Gasteiger charge is 2.12. The third-order valence-corrected chi connectivity index (χ3v) is 2.74. The minimum atomic E-state index is -0.189. The quantitative estimate of drug-likeness (QED) is 0.788. The SMILES string of the molecule is CCOCC(C)NC(CC)c1ccc(F)cc1. The number of hydrogen-bond donors (Lipinski definition) is 1. The van der Waals surface area contributed by atoms with Crippen LogP contribution < -0.4 is 5.32 Å². The Morgan fingerprint density at radius 2 is 1.88 bits per heavy atom. The van der Waals surface area contributed by atoms with Crippen LogP contribution in [0.2, 0.25) is 0 Å². The standard InChI is InChI=1S/C14H22FNO/c1-4-14(16-11(3)10-17-5-2)12-6-8-13(15)9-7-12/h6-9,11,14,16H,4-5,10H2,1-3H3. The molecule has 1 rings (SSSR count). The molecule has 0 radical (unpaired) electrons. The van der Waals surface area contributed by atoms with Crippen molar-refractivity contribution in [2.45, 2.75) is 39.3 Å². The highest BCUT2D eigenvalue weighted by molar-refractivity contribution is 5.19. The molecule has 1 N–H and O–H groups in total. The Bertz CT molecular complexity index is 313. The summed E-state index contributed by atoms with van der Waals surface area (Å²) in [6.45, 7) is 7.65. The summed E-state index contributed by atoms with van der Waals surface area (Å²) in [6, 6.07) is 7.24. The molecule has 0 aliphatic heterocycles. The summed E-state index contributed by atoms with van der Waals surface area (Å²) in [7, 11) is 0. The molecule has 0 heterocycles. The zero-order valence-corrected chi connectivity index (χ0v) is 10.9. The first-order valence-electron chi connectivity index (χ1n) is 6.26. The fourth-order valence-electron chi connectivity index (χ4n) is 1.83. The average Bonchev–Trinajstić information content (AvgIpc) is 2.34. The van der Waals surface area contributed by atoms with E-state index in [0.29, 0.717) is 12.6 Å². The lowest BCUT2D eigenvalue weighted by Crippen LogP contribution is -2.33. The van der Waals surface area contributed by atoms with Crippen LogP contribution in [0.3, 0.4) is 0 Å². The monoisotopic (exact) mass is 239 g/mol. The van der Waals surface area contributed by atoms with Crippen molar-refractivity contribution in [1.29, 1.82) is 0 Å². The van der Waals surface area contributed by atoms with E-state index < -0.39 is 0 Å². The second-order valence-electron chi connectivity index (χ2n) is 4.24. The van der Waals surface area contributed by atoms with Gasteiger partial charge in [0.2, 0.25) is 0 Å². The maximum atomic E-state index is 12.8. The molecule has 2 unspecified atom stereocenters. The zero-order valence-electron chi connectivity index (χ0n) is 10.9.